The van der Waals surface area contributed by atoms with Gasteiger partial charge in [-0.15, -0.1) is 0 Å². The zero-order valence-corrected chi connectivity index (χ0v) is 13.2. The van der Waals surface area contributed by atoms with E-state index in [9.17, 15) is 4.79 Å². The summed E-state index contributed by atoms with van der Waals surface area (Å²) in [5.74, 6) is 0.289. The lowest BCUT2D eigenvalue weighted by atomic mass is 10.0. The molecule has 5 nitrogen and oxygen atoms in total. The molecule has 2 aromatic rings. The van der Waals surface area contributed by atoms with Gasteiger partial charge >= 0.3 is 0 Å². The summed E-state index contributed by atoms with van der Waals surface area (Å²) < 4.78 is 5.08. The molecule has 0 spiro atoms. The van der Waals surface area contributed by atoms with Crippen molar-refractivity contribution in [1.29, 1.82) is 0 Å². The van der Waals surface area contributed by atoms with E-state index in [1.807, 2.05) is 30.3 Å². The Balaban J connectivity index is 1.63. The van der Waals surface area contributed by atoms with Gasteiger partial charge in [0, 0.05) is 12.1 Å². The molecule has 0 fully saturated rings. The number of ether oxygens (including phenoxy) is 1. The maximum absolute atomic E-state index is 12.3. The van der Waals surface area contributed by atoms with E-state index < -0.39 is 6.10 Å². The van der Waals surface area contributed by atoms with Crippen molar-refractivity contribution in [2.24, 2.45) is 5.16 Å². The molecule has 0 saturated heterocycles. The quantitative estimate of drug-likeness (QED) is 0.933. The fraction of sp³-hybridized carbons (Fsp3) is 0.176. The van der Waals surface area contributed by atoms with Crippen molar-refractivity contribution < 1.29 is 14.4 Å². The first-order valence-corrected chi connectivity index (χ1v) is 7.47. The second kappa shape index (κ2) is 6.71. The SMILES string of the molecule is COc1ccc(NC(=O)[C@@H]2CC(c3ccccc3)=NO2)cc1Cl. The fourth-order valence-electron chi connectivity index (χ4n) is 2.29. The fourth-order valence-corrected chi connectivity index (χ4v) is 2.54. The summed E-state index contributed by atoms with van der Waals surface area (Å²) in [6.07, 6.45) is -0.217. The number of halogens is 1. The van der Waals surface area contributed by atoms with Crippen LogP contribution in [0.15, 0.2) is 53.7 Å². The maximum atomic E-state index is 12.3. The summed E-state index contributed by atoms with van der Waals surface area (Å²) in [6.45, 7) is 0. The number of hydrogen-bond donors (Lipinski definition) is 1. The molecule has 1 heterocycles. The number of carbonyl (C=O) groups excluding carboxylic acids is 1. The molecule has 1 amide bonds. The van der Waals surface area contributed by atoms with Crippen LogP contribution in [-0.4, -0.2) is 24.8 Å². The van der Waals surface area contributed by atoms with Gasteiger partial charge in [-0.25, -0.2) is 0 Å². The maximum Gasteiger partial charge on any atom is 0.268 e. The Labute approximate surface area is 138 Å². The second-order valence-electron chi connectivity index (χ2n) is 5.04. The minimum absolute atomic E-state index is 0.263. The van der Waals surface area contributed by atoms with E-state index in [-0.39, 0.29) is 5.91 Å². The van der Waals surface area contributed by atoms with Crippen molar-refractivity contribution in [3.8, 4) is 5.75 Å². The molecule has 1 aliphatic heterocycles. The minimum Gasteiger partial charge on any atom is -0.495 e. The molecule has 1 aliphatic rings. The predicted molar refractivity (Wildman–Crippen MR) is 89.1 cm³/mol. The first-order chi connectivity index (χ1) is 11.2. The summed E-state index contributed by atoms with van der Waals surface area (Å²) in [7, 11) is 1.54. The van der Waals surface area contributed by atoms with Gasteiger partial charge in [0.05, 0.1) is 17.8 Å². The van der Waals surface area contributed by atoms with Crippen LogP contribution in [0.3, 0.4) is 0 Å². The van der Waals surface area contributed by atoms with Crippen LogP contribution in [0.5, 0.6) is 5.75 Å². The van der Waals surface area contributed by atoms with E-state index in [1.54, 1.807) is 18.2 Å². The van der Waals surface area contributed by atoms with E-state index >= 15 is 0 Å². The number of benzene rings is 2. The first kappa shape index (κ1) is 15.4. The summed E-state index contributed by atoms with van der Waals surface area (Å²) in [6, 6.07) is 14.7. The Morgan fingerprint density at radius 2 is 2.09 bits per heavy atom. The molecule has 1 atom stereocenters. The van der Waals surface area contributed by atoms with Crippen molar-refractivity contribution in [3.63, 3.8) is 0 Å². The molecular weight excluding hydrogens is 316 g/mol. The molecule has 0 radical (unpaired) electrons. The second-order valence-corrected chi connectivity index (χ2v) is 5.45. The highest BCUT2D eigenvalue weighted by atomic mass is 35.5. The van der Waals surface area contributed by atoms with Crippen LogP contribution in [0.25, 0.3) is 0 Å². The molecule has 0 saturated carbocycles. The average Bonchev–Trinajstić information content (AvgIpc) is 3.06. The van der Waals surface area contributed by atoms with Crippen molar-refractivity contribution in [1.82, 2.24) is 0 Å². The topological polar surface area (TPSA) is 59.9 Å². The van der Waals surface area contributed by atoms with Crippen LogP contribution in [0.1, 0.15) is 12.0 Å². The molecule has 0 aliphatic carbocycles. The van der Waals surface area contributed by atoms with Crippen LogP contribution >= 0.6 is 11.6 Å². The molecule has 3 rings (SSSR count). The third-order valence-corrected chi connectivity index (χ3v) is 3.78. The molecule has 0 aromatic heterocycles. The Morgan fingerprint density at radius 3 is 2.78 bits per heavy atom. The van der Waals surface area contributed by atoms with Gasteiger partial charge in [-0.2, -0.15) is 0 Å². The van der Waals surface area contributed by atoms with Gasteiger partial charge in [0.15, 0.2) is 0 Å². The Morgan fingerprint density at radius 1 is 1.30 bits per heavy atom. The molecule has 23 heavy (non-hydrogen) atoms. The van der Waals surface area contributed by atoms with Gasteiger partial charge < -0.3 is 14.9 Å². The van der Waals surface area contributed by atoms with E-state index in [0.717, 1.165) is 11.3 Å². The Kier molecular flexibility index (Phi) is 4.48. The summed E-state index contributed by atoms with van der Waals surface area (Å²) in [5.41, 5.74) is 2.30. The molecule has 6 heteroatoms. The summed E-state index contributed by atoms with van der Waals surface area (Å²) in [4.78, 5) is 17.5. The first-order valence-electron chi connectivity index (χ1n) is 7.10. The number of hydrogen-bond acceptors (Lipinski definition) is 4. The van der Waals surface area contributed by atoms with Crippen molar-refractivity contribution >= 4 is 28.9 Å². The van der Waals surface area contributed by atoms with Gasteiger partial charge in [0.1, 0.15) is 5.75 Å². The number of anilines is 1. The monoisotopic (exact) mass is 330 g/mol. The lowest BCUT2D eigenvalue weighted by Crippen LogP contribution is -2.28. The zero-order valence-electron chi connectivity index (χ0n) is 12.5. The van der Waals surface area contributed by atoms with Gasteiger partial charge in [-0.05, 0) is 23.8 Å². The average molecular weight is 331 g/mol. The van der Waals surface area contributed by atoms with Gasteiger partial charge in [0.2, 0.25) is 6.10 Å². The lowest BCUT2D eigenvalue weighted by molar-refractivity contribution is -0.125. The van der Waals surface area contributed by atoms with Gasteiger partial charge in [0.25, 0.3) is 5.91 Å². The molecule has 0 unspecified atom stereocenters. The van der Waals surface area contributed by atoms with Crippen LogP contribution in [0, 0.1) is 0 Å². The predicted octanol–water partition coefficient (Wildman–Crippen LogP) is 3.48. The molecule has 118 valence electrons. The van der Waals surface area contributed by atoms with E-state index in [4.69, 9.17) is 21.2 Å². The van der Waals surface area contributed by atoms with Crippen LogP contribution in [0.4, 0.5) is 5.69 Å². The molecule has 1 N–H and O–H groups in total. The van der Waals surface area contributed by atoms with Gasteiger partial charge in [-0.1, -0.05) is 47.1 Å². The minimum atomic E-state index is -0.647. The molecule has 2 aromatic carbocycles. The summed E-state index contributed by atoms with van der Waals surface area (Å²) in [5, 5.41) is 7.21. The normalized spacial score (nSPS) is 16.4. The third kappa shape index (κ3) is 3.46. The van der Waals surface area contributed by atoms with Crippen LogP contribution < -0.4 is 10.1 Å². The summed E-state index contributed by atoms with van der Waals surface area (Å²) >= 11 is 6.05. The number of oxime groups is 1. The largest absolute Gasteiger partial charge is 0.495 e. The molecule has 0 bridgehead atoms. The highest BCUT2D eigenvalue weighted by Gasteiger charge is 2.28. The number of nitrogens with zero attached hydrogens (tertiary/aromatic N) is 1. The standard InChI is InChI=1S/C17H15ClN2O3/c1-22-15-8-7-12(9-13(15)18)19-17(21)16-10-14(20-23-16)11-5-3-2-4-6-11/h2-9,16H,10H2,1H3,(H,19,21)/t16-/m0/s1. The van der Waals surface area contributed by atoms with E-state index in [0.29, 0.717) is 22.9 Å². The number of methoxy groups -OCH3 is 1. The smallest absolute Gasteiger partial charge is 0.268 e. The lowest BCUT2D eigenvalue weighted by Gasteiger charge is -2.11. The van der Waals surface area contributed by atoms with Crippen LogP contribution in [-0.2, 0) is 9.63 Å². The van der Waals surface area contributed by atoms with Gasteiger partial charge in [-0.3, -0.25) is 4.79 Å². The van der Waals surface area contributed by atoms with Crippen molar-refractivity contribution in [2.45, 2.75) is 12.5 Å². The number of nitrogens with one attached hydrogen (secondary N) is 1. The zero-order chi connectivity index (χ0) is 16.2. The number of amides is 1. The Bertz CT molecular complexity index is 747. The number of carbonyl (C=O) groups is 1. The van der Waals surface area contributed by atoms with Crippen molar-refractivity contribution in [2.75, 3.05) is 12.4 Å². The van der Waals surface area contributed by atoms with Crippen LogP contribution in [0.2, 0.25) is 5.02 Å². The van der Waals surface area contributed by atoms with E-state index in [1.165, 1.54) is 7.11 Å². The highest BCUT2D eigenvalue weighted by Crippen LogP contribution is 2.27. The van der Waals surface area contributed by atoms with E-state index in [2.05, 4.69) is 10.5 Å². The molecular formula is C17H15ClN2O3. The number of rotatable bonds is 4. The van der Waals surface area contributed by atoms with Crippen molar-refractivity contribution in [3.05, 3.63) is 59.1 Å². The third-order valence-electron chi connectivity index (χ3n) is 3.49. The Hall–Kier alpha value is -2.53. The highest BCUT2D eigenvalue weighted by molar-refractivity contribution is 6.32.